The van der Waals surface area contributed by atoms with Gasteiger partial charge in [0.2, 0.25) is 0 Å². The number of hydrogen-bond donors (Lipinski definition) is 0. The molecule has 18 heavy (non-hydrogen) atoms. The molecule has 100 valence electrons. The second-order valence-electron chi connectivity index (χ2n) is 3.50. The van der Waals surface area contributed by atoms with Gasteiger partial charge in [0.1, 0.15) is 5.38 Å². The van der Waals surface area contributed by atoms with Crippen LogP contribution in [0.3, 0.4) is 0 Å². The van der Waals surface area contributed by atoms with E-state index < -0.39 is 23.1 Å². The van der Waals surface area contributed by atoms with E-state index in [0.29, 0.717) is 10.0 Å². The third-order valence-electron chi connectivity index (χ3n) is 2.23. The lowest BCUT2D eigenvalue weighted by atomic mass is 10.1. The highest BCUT2D eigenvalue weighted by atomic mass is 79.9. The highest BCUT2D eigenvalue weighted by molar-refractivity contribution is 9.10. The highest BCUT2D eigenvalue weighted by Crippen LogP contribution is 2.32. The predicted octanol–water partition coefficient (Wildman–Crippen LogP) is 3.79. The van der Waals surface area contributed by atoms with Gasteiger partial charge < -0.3 is 4.74 Å². The Bertz CT molecular complexity index is 448. The van der Waals surface area contributed by atoms with Crippen LogP contribution in [0.1, 0.15) is 11.1 Å². The Hall–Kier alpha value is -0.750. The van der Waals surface area contributed by atoms with Gasteiger partial charge in [-0.2, -0.15) is 13.2 Å². The molecule has 0 N–H and O–H groups in total. The maximum absolute atomic E-state index is 12.5. The SMILES string of the molecule is COC(=O)C(Cl)Cc1cc(C(F)(F)F)ccc1Br. The first kappa shape index (κ1) is 15.3. The first-order valence-electron chi connectivity index (χ1n) is 4.83. The molecule has 0 bridgehead atoms. The molecule has 0 saturated heterocycles. The van der Waals surface area contributed by atoms with Crippen molar-refractivity contribution in [1.29, 1.82) is 0 Å². The lowest BCUT2D eigenvalue weighted by Crippen LogP contribution is -2.19. The van der Waals surface area contributed by atoms with Gasteiger partial charge in [0.15, 0.2) is 0 Å². The van der Waals surface area contributed by atoms with Crippen LogP contribution in [0.2, 0.25) is 0 Å². The number of alkyl halides is 4. The van der Waals surface area contributed by atoms with Crippen molar-refractivity contribution in [2.75, 3.05) is 7.11 Å². The van der Waals surface area contributed by atoms with Crippen LogP contribution in [0.15, 0.2) is 22.7 Å². The molecule has 0 radical (unpaired) electrons. The molecule has 2 nitrogen and oxygen atoms in total. The Labute approximate surface area is 115 Å². The van der Waals surface area contributed by atoms with Gasteiger partial charge in [-0.3, -0.25) is 4.79 Å². The number of halogens is 5. The van der Waals surface area contributed by atoms with Crippen molar-refractivity contribution in [2.45, 2.75) is 18.0 Å². The summed E-state index contributed by atoms with van der Waals surface area (Å²) in [5.74, 6) is -0.680. The number of ether oxygens (including phenoxy) is 1. The summed E-state index contributed by atoms with van der Waals surface area (Å²) in [5, 5.41) is -1.02. The molecule has 7 heteroatoms. The van der Waals surface area contributed by atoms with E-state index in [-0.39, 0.29) is 6.42 Å². The number of methoxy groups -OCH3 is 1. The van der Waals surface area contributed by atoms with Gasteiger partial charge in [-0.25, -0.2) is 0 Å². The van der Waals surface area contributed by atoms with E-state index in [0.717, 1.165) is 12.1 Å². The van der Waals surface area contributed by atoms with Crippen LogP contribution in [0.5, 0.6) is 0 Å². The quantitative estimate of drug-likeness (QED) is 0.615. The molecule has 0 aromatic heterocycles. The number of rotatable bonds is 3. The number of carbonyl (C=O) groups is 1. The minimum atomic E-state index is -4.43. The minimum absolute atomic E-state index is 0.0429. The maximum Gasteiger partial charge on any atom is 0.416 e. The molecule has 0 spiro atoms. The first-order valence-corrected chi connectivity index (χ1v) is 6.06. The van der Waals surface area contributed by atoms with E-state index in [1.165, 1.54) is 13.2 Å². The zero-order valence-electron chi connectivity index (χ0n) is 9.22. The summed E-state index contributed by atoms with van der Waals surface area (Å²) in [6.07, 6.45) is -4.47. The van der Waals surface area contributed by atoms with Gasteiger partial charge in [0, 0.05) is 10.9 Å². The lowest BCUT2D eigenvalue weighted by molar-refractivity contribution is -0.140. The summed E-state index contributed by atoms with van der Waals surface area (Å²) < 4.78 is 42.4. The van der Waals surface area contributed by atoms with Crippen LogP contribution in [0, 0.1) is 0 Å². The Morgan fingerprint density at radius 3 is 2.61 bits per heavy atom. The molecule has 1 atom stereocenters. The fourth-order valence-corrected chi connectivity index (χ4v) is 1.98. The van der Waals surface area contributed by atoms with Crippen LogP contribution in [0.4, 0.5) is 13.2 Å². The lowest BCUT2D eigenvalue weighted by Gasteiger charge is -2.12. The van der Waals surface area contributed by atoms with E-state index in [1.54, 1.807) is 0 Å². The Morgan fingerprint density at radius 1 is 1.50 bits per heavy atom. The van der Waals surface area contributed by atoms with Crippen molar-refractivity contribution in [3.8, 4) is 0 Å². The van der Waals surface area contributed by atoms with E-state index >= 15 is 0 Å². The number of esters is 1. The molecule has 0 aliphatic rings. The molecular formula is C11H9BrClF3O2. The van der Waals surface area contributed by atoms with E-state index in [4.69, 9.17) is 11.6 Å². The van der Waals surface area contributed by atoms with Gasteiger partial charge in [0.05, 0.1) is 12.7 Å². The fourth-order valence-electron chi connectivity index (χ4n) is 1.31. The molecule has 0 fully saturated rings. The molecule has 1 unspecified atom stereocenters. The molecule has 1 aromatic carbocycles. The van der Waals surface area contributed by atoms with Gasteiger partial charge >= 0.3 is 12.1 Å². The van der Waals surface area contributed by atoms with Gasteiger partial charge in [-0.15, -0.1) is 11.6 Å². The largest absolute Gasteiger partial charge is 0.468 e. The fraction of sp³-hybridized carbons (Fsp3) is 0.364. The van der Waals surface area contributed by atoms with Crippen LogP contribution >= 0.6 is 27.5 Å². The Kier molecular flexibility index (Phi) is 5.04. The molecule has 1 rings (SSSR count). The molecular weight excluding hydrogens is 336 g/mol. The number of benzene rings is 1. The van der Waals surface area contributed by atoms with Crippen molar-refractivity contribution in [3.63, 3.8) is 0 Å². The summed E-state index contributed by atoms with van der Waals surface area (Å²) in [4.78, 5) is 11.1. The zero-order valence-corrected chi connectivity index (χ0v) is 11.6. The van der Waals surface area contributed by atoms with Gasteiger partial charge in [-0.05, 0) is 23.8 Å². The topological polar surface area (TPSA) is 26.3 Å². The van der Waals surface area contributed by atoms with Gasteiger partial charge in [-0.1, -0.05) is 15.9 Å². The summed E-state index contributed by atoms with van der Waals surface area (Å²) >= 11 is 8.85. The van der Waals surface area contributed by atoms with Crippen molar-refractivity contribution in [3.05, 3.63) is 33.8 Å². The average Bonchev–Trinajstić information content (AvgIpc) is 2.29. The molecule has 0 amide bonds. The minimum Gasteiger partial charge on any atom is -0.468 e. The number of carbonyl (C=O) groups excluding carboxylic acids is 1. The van der Waals surface area contributed by atoms with Crippen molar-refractivity contribution < 1.29 is 22.7 Å². The third-order valence-corrected chi connectivity index (χ3v) is 3.34. The van der Waals surface area contributed by atoms with Crippen LogP contribution < -0.4 is 0 Å². The Morgan fingerprint density at radius 2 is 2.11 bits per heavy atom. The van der Waals surface area contributed by atoms with Crippen LogP contribution in [0.25, 0.3) is 0 Å². The second-order valence-corrected chi connectivity index (χ2v) is 4.88. The van der Waals surface area contributed by atoms with Crippen molar-refractivity contribution >= 4 is 33.5 Å². The smallest absolute Gasteiger partial charge is 0.416 e. The summed E-state index contributed by atoms with van der Waals surface area (Å²) in [6.45, 7) is 0. The van der Waals surface area contributed by atoms with Crippen molar-refractivity contribution in [2.24, 2.45) is 0 Å². The molecule has 0 saturated carbocycles. The van der Waals surface area contributed by atoms with Gasteiger partial charge in [0.25, 0.3) is 0 Å². The monoisotopic (exact) mass is 344 g/mol. The Balaban J connectivity index is 2.98. The number of hydrogen-bond acceptors (Lipinski definition) is 2. The zero-order chi connectivity index (χ0) is 13.9. The average molecular weight is 346 g/mol. The highest BCUT2D eigenvalue weighted by Gasteiger charge is 2.31. The summed E-state index contributed by atoms with van der Waals surface area (Å²) in [7, 11) is 1.17. The van der Waals surface area contributed by atoms with E-state index in [1.807, 2.05) is 0 Å². The summed E-state index contributed by atoms with van der Waals surface area (Å²) in [6, 6.07) is 3.19. The first-order chi connectivity index (χ1) is 8.25. The predicted molar refractivity (Wildman–Crippen MR) is 64.5 cm³/mol. The molecule has 1 aromatic rings. The van der Waals surface area contributed by atoms with E-state index in [9.17, 15) is 18.0 Å². The van der Waals surface area contributed by atoms with Crippen LogP contribution in [-0.4, -0.2) is 18.5 Å². The third kappa shape index (κ3) is 3.88. The molecule has 0 aliphatic heterocycles. The van der Waals surface area contributed by atoms with Crippen LogP contribution in [-0.2, 0) is 22.1 Å². The molecule has 0 heterocycles. The standard InChI is InChI=1S/C11H9BrClF3O2/c1-18-10(17)9(13)5-6-4-7(11(14,15)16)2-3-8(6)12/h2-4,9H,5H2,1H3. The van der Waals surface area contributed by atoms with Crippen molar-refractivity contribution in [1.82, 2.24) is 0 Å². The molecule has 0 aliphatic carbocycles. The normalized spacial score (nSPS) is 13.2. The summed E-state index contributed by atoms with van der Waals surface area (Å²) in [5.41, 5.74) is -0.482. The maximum atomic E-state index is 12.5. The van der Waals surface area contributed by atoms with E-state index in [2.05, 4.69) is 20.7 Å². The second kappa shape index (κ2) is 5.93.